The fourth-order valence-corrected chi connectivity index (χ4v) is 1.44. The lowest BCUT2D eigenvalue weighted by atomic mass is 10.1. The lowest BCUT2D eigenvalue weighted by Gasteiger charge is -2.01. The van der Waals surface area contributed by atoms with Gasteiger partial charge in [-0.25, -0.2) is 4.79 Å². The minimum Gasteiger partial charge on any atom is -0.460 e. The Labute approximate surface area is 104 Å². The van der Waals surface area contributed by atoms with E-state index in [0.29, 0.717) is 10.6 Å². The molecular weight excluding hydrogens is 244 g/mol. The number of halogens is 1. The van der Waals surface area contributed by atoms with Crippen molar-refractivity contribution in [3.63, 3.8) is 0 Å². The summed E-state index contributed by atoms with van der Waals surface area (Å²) < 4.78 is 4.45. The second-order valence-electron chi connectivity index (χ2n) is 3.28. The average molecular weight is 255 g/mol. The van der Waals surface area contributed by atoms with Crippen LogP contribution in [0, 0.1) is 0 Å². The normalized spacial score (nSPS) is 9.76. The topological polar surface area (TPSA) is 60.4 Å². The summed E-state index contributed by atoms with van der Waals surface area (Å²) >= 11 is 5.73. The second kappa shape index (κ2) is 6.15. The molecule has 0 amide bonds. The van der Waals surface area contributed by atoms with E-state index in [1.165, 1.54) is 0 Å². The van der Waals surface area contributed by atoms with Gasteiger partial charge in [-0.3, -0.25) is 9.59 Å². The molecule has 17 heavy (non-hydrogen) atoms. The van der Waals surface area contributed by atoms with E-state index < -0.39 is 17.5 Å². The van der Waals surface area contributed by atoms with Gasteiger partial charge in [-0.1, -0.05) is 23.7 Å². The Morgan fingerprint density at radius 1 is 1.29 bits per heavy atom. The van der Waals surface area contributed by atoms with Crippen LogP contribution in [0.15, 0.2) is 24.3 Å². The summed E-state index contributed by atoms with van der Waals surface area (Å²) in [6.45, 7) is 1.63. The van der Waals surface area contributed by atoms with Crippen molar-refractivity contribution in [1.82, 2.24) is 0 Å². The lowest BCUT2D eigenvalue weighted by molar-refractivity contribution is -0.156. The highest BCUT2D eigenvalue weighted by Crippen LogP contribution is 2.11. The maximum atomic E-state index is 11.4. The van der Waals surface area contributed by atoms with E-state index >= 15 is 0 Å². The van der Waals surface area contributed by atoms with Crippen LogP contribution in [0.2, 0.25) is 5.02 Å². The first-order chi connectivity index (χ1) is 8.04. The van der Waals surface area contributed by atoms with Crippen molar-refractivity contribution in [3.05, 3.63) is 34.9 Å². The summed E-state index contributed by atoms with van der Waals surface area (Å²) in [4.78, 5) is 33.7. The Balaban J connectivity index is 2.66. The van der Waals surface area contributed by atoms with Crippen LogP contribution in [0.1, 0.15) is 12.5 Å². The standard InChI is InChI=1S/C12H11ClO4/c1-2-17-12(16)11(15)10(14)7-8-4-3-5-9(13)6-8/h3-6H,2,7H2,1H3. The van der Waals surface area contributed by atoms with E-state index in [-0.39, 0.29) is 13.0 Å². The number of benzene rings is 1. The summed E-state index contributed by atoms with van der Waals surface area (Å²) in [6, 6.07) is 6.54. The average Bonchev–Trinajstić information content (AvgIpc) is 2.28. The number of rotatable bonds is 5. The monoisotopic (exact) mass is 254 g/mol. The Kier molecular flexibility index (Phi) is 4.84. The molecule has 90 valence electrons. The molecule has 0 aliphatic heterocycles. The van der Waals surface area contributed by atoms with Crippen LogP contribution in [-0.4, -0.2) is 24.1 Å². The number of carbonyl (C=O) groups is 3. The molecule has 0 heterocycles. The van der Waals surface area contributed by atoms with Gasteiger partial charge in [-0.2, -0.15) is 0 Å². The third-order valence-electron chi connectivity index (χ3n) is 1.97. The van der Waals surface area contributed by atoms with Crippen molar-refractivity contribution in [3.8, 4) is 0 Å². The zero-order chi connectivity index (χ0) is 12.8. The molecule has 4 nitrogen and oxygen atoms in total. The molecular formula is C12H11ClO4. The van der Waals surface area contributed by atoms with Crippen LogP contribution < -0.4 is 0 Å². The van der Waals surface area contributed by atoms with Gasteiger partial charge in [0, 0.05) is 11.4 Å². The van der Waals surface area contributed by atoms with Crippen LogP contribution >= 0.6 is 11.6 Å². The third-order valence-corrected chi connectivity index (χ3v) is 2.20. The molecule has 0 saturated carbocycles. The number of ketones is 2. The van der Waals surface area contributed by atoms with Crippen molar-refractivity contribution in [2.45, 2.75) is 13.3 Å². The molecule has 0 aromatic heterocycles. The van der Waals surface area contributed by atoms with Crippen LogP contribution in [-0.2, 0) is 25.5 Å². The summed E-state index contributed by atoms with van der Waals surface area (Å²) in [5.41, 5.74) is 0.583. The first kappa shape index (κ1) is 13.4. The van der Waals surface area contributed by atoms with Gasteiger partial charge >= 0.3 is 11.8 Å². The van der Waals surface area contributed by atoms with E-state index in [2.05, 4.69) is 4.74 Å². The highest BCUT2D eigenvalue weighted by atomic mass is 35.5. The Morgan fingerprint density at radius 3 is 2.59 bits per heavy atom. The van der Waals surface area contributed by atoms with Crippen LogP contribution in [0.25, 0.3) is 0 Å². The molecule has 0 unspecified atom stereocenters. The first-order valence-corrected chi connectivity index (χ1v) is 5.41. The Bertz CT molecular complexity index is 454. The number of hydrogen-bond donors (Lipinski definition) is 0. The molecule has 1 rings (SSSR count). The van der Waals surface area contributed by atoms with Gasteiger partial charge in [0.1, 0.15) is 0 Å². The van der Waals surface area contributed by atoms with E-state index in [1.807, 2.05) is 0 Å². The van der Waals surface area contributed by atoms with Gasteiger partial charge in [-0.05, 0) is 24.6 Å². The van der Waals surface area contributed by atoms with Gasteiger partial charge in [0.2, 0.25) is 5.78 Å². The number of carbonyl (C=O) groups excluding carboxylic acids is 3. The Morgan fingerprint density at radius 2 is 2.00 bits per heavy atom. The maximum absolute atomic E-state index is 11.4. The fraction of sp³-hybridized carbons (Fsp3) is 0.250. The molecule has 0 N–H and O–H groups in total. The van der Waals surface area contributed by atoms with Gasteiger partial charge in [-0.15, -0.1) is 0 Å². The lowest BCUT2D eigenvalue weighted by Crippen LogP contribution is -2.27. The highest BCUT2D eigenvalue weighted by molar-refractivity contribution is 6.62. The first-order valence-electron chi connectivity index (χ1n) is 5.03. The predicted molar refractivity (Wildman–Crippen MR) is 61.8 cm³/mol. The minimum absolute atomic E-state index is 0.0645. The SMILES string of the molecule is CCOC(=O)C(=O)C(=O)Cc1cccc(Cl)c1. The molecule has 0 bridgehead atoms. The predicted octanol–water partition coefficient (Wildman–Crippen LogP) is 1.58. The smallest absolute Gasteiger partial charge is 0.382 e. The maximum Gasteiger partial charge on any atom is 0.382 e. The van der Waals surface area contributed by atoms with Crippen molar-refractivity contribution in [1.29, 1.82) is 0 Å². The van der Waals surface area contributed by atoms with E-state index in [4.69, 9.17) is 11.6 Å². The minimum atomic E-state index is -1.13. The van der Waals surface area contributed by atoms with Crippen LogP contribution in [0.3, 0.4) is 0 Å². The van der Waals surface area contributed by atoms with Crippen LogP contribution in [0.5, 0.6) is 0 Å². The summed E-state index contributed by atoms with van der Waals surface area (Å²) in [7, 11) is 0. The summed E-state index contributed by atoms with van der Waals surface area (Å²) in [5, 5.41) is 0.471. The Hall–Kier alpha value is -1.68. The molecule has 5 heteroatoms. The second-order valence-corrected chi connectivity index (χ2v) is 3.72. The molecule has 0 saturated heterocycles. The molecule has 0 atom stereocenters. The van der Waals surface area contributed by atoms with Gasteiger partial charge in [0.25, 0.3) is 0 Å². The summed E-state index contributed by atoms with van der Waals surface area (Å²) in [5.74, 6) is -3.04. The molecule has 0 aliphatic carbocycles. The zero-order valence-electron chi connectivity index (χ0n) is 9.23. The molecule has 1 aromatic carbocycles. The summed E-state index contributed by atoms with van der Waals surface area (Å²) in [6.07, 6.45) is -0.155. The quantitative estimate of drug-likeness (QED) is 0.455. The molecule has 0 aliphatic rings. The molecule has 0 radical (unpaired) electrons. The molecule has 1 aromatic rings. The van der Waals surface area contributed by atoms with Crippen molar-refractivity contribution >= 4 is 29.1 Å². The fourth-order valence-electron chi connectivity index (χ4n) is 1.22. The highest BCUT2D eigenvalue weighted by Gasteiger charge is 2.23. The van der Waals surface area contributed by atoms with Crippen molar-refractivity contribution < 1.29 is 19.1 Å². The van der Waals surface area contributed by atoms with Crippen molar-refractivity contribution in [2.75, 3.05) is 6.61 Å². The number of ether oxygens (including phenoxy) is 1. The van der Waals surface area contributed by atoms with E-state index in [0.717, 1.165) is 0 Å². The number of esters is 1. The zero-order valence-corrected chi connectivity index (χ0v) is 9.99. The van der Waals surface area contributed by atoms with Crippen LogP contribution in [0.4, 0.5) is 0 Å². The van der Waals surface area contributed by atoms with Gasteiger partial charge in [0.15, 0.2) is 0 Å². The molecule has 0 fully saturated rings. The van der Waals surface area contributed by atoms with Gasteiger partial charge in [0.05, 0.1) is 6.61 Å². The van der Waals surface area contributed by atoms with Crippen molar-refractivity contribution in [2.24, 2.45) is 0 Å². The largest absolute Gasteiger partial charge is 0.460 e. The number of Topliss-reactive ketones (excluding diaryl/α,β-unsaturated/α-hetero) is 2. The van der Waals surface area contributed by atoms with E-state index in [9.17, 15) is 14.4 Å². The van der Waals surface area contributed by atoms with Gasteiger partial charge < -0.3 is 4.74 Å². The molecule has 0 spiro atoms. The van der Waals surface area contributed by atoms with E-state index in [1.54, 1.807) is 31.2 Å². The number of hydrogen-bond acceptors (Lipinski definition) is 4. The third kappa shape index (κ3) is 4.00.